The van der Waals surface area contributed by atoms with Crippen LogP contribution in [0.15, 0.2) is 0 Å². The Morgan fingerprint density at radius 1 is 1.00 bits per heavy atom. The average molecular weight is 178 g/mol. The molecule has 0 nitrogen and oxygen atoms in total. The molecule has 0 amide bonds. The van der Waals surface area contributed by atoms with Gasteiger partial charge in [0.15, 0.2) is 0 Å². The molecule has 0 fully saturated rings. The Balaban J connectivity index is 4.28. The highest BCUT2D eigenvalue weighted by Gasteiger charge is 2.33. The lowest BCUT2D eigenvalue weighted by molar-refractivity contribution is 0.306. The van der Waals surface area contributed by atoms with Gasteiger partial charge in [0.05, 0.1) is 0 Å². The largest absolute Gasteiger partial charge is 0.126 e. The third-order valence-corrected chi connectivity index (χ3v) is 5.11. The molecule has 0 bridgehead atoms. The standard InChI is InChI=1S/C8H20P2/c1-5-7(3,4)8(9,10)6-2/h5-6,9-10H2,1-4H3. The lowest BCUT2D eigenvalue weighted by Crippen LogP contribution is -2.31. The summed E-state index contributed by atoms with van der Waals surface area (Å²) in [6, 6.07) is 0. The molecule has 0 radical (unpaired) electrons. The maximum Gasteiger partial charge on any atom is 0.00408 e. The van der Waals surface area contributed by atoms with Crippen LogP contribution in [0, 0.1) is 5.41 Å². The van der Waals surface area contributed by atoms with Crippen LogP contribution in [0.5, 0.6) is 0 Å². The van der Waals surface area contributed by atoms with Gasteiger partial charge in [0.2, 0.25) is 0 Å². The molecular formula is C8H20P2. The Bertz CT molecular complexity index is 91.8. The van der Waals surface area contributed by atoms with E-state index in [0.717, 1.165) is 0 Å². The third kappa shape index (κ3) is 2.18. The van der Waals surface area contributed by atoms with Crippen molar-refractivity contribution in [2.75, 3.05) is 0 Å². The van der Waals surface area contributed by atoms with Crippen LogP contribution >= 0.6 is 18.5 Å². The molecule has 0 aromatic carbocycles. The SMILES string of the molecule is CCC(C)(C)C(P)(P)CC. The van der Waals surface area contributed by atoms with E-state index in [1.54, 1.807) is 0 Å². The minimum absolute atomic E-state index is 0.321. The van der Waals surface area contributed by atoms with E-state index < -0.39 is 0 Å². The zero-order chi connectivity index (χ0) is 8.41. The van der Waals surface area contributed by atoms with E-state index in [1.807, 2.05) is 0 Å². The molecule has 2 heteroatoms. The maximum atomic E-state index is 2.95. The van der Waals surface area contributed by atoms with Gasteiger partial charge in [0.25, 0.3) is 0 Å². The first-order valence-electron chi connectivity index (χ1n) is 3.95. The van der Waals surface area contributed by atoms with Crippen LogP contribution in [0.3, 0.4) is 0 Å². The molecule has 0 aromatic heterocycles. The Kier molecular flexibility index (Phi) is 3.81. The lowest BCUT2D eigenvalue weighted by atomic mass is 9.84. The number of hydrogen-bond acceptors (Lipinski definition) is 0. The fraction of sp³-hybridized carbons (Fsp3) is 1.00. The summed E-state index contributed by atoms with van der Waals surface area (Å²) < 4.78 is 0. The minimum atomic E-state index is 0.321. The van der Waals surface area contributed by atoms with Gasteiger partial charge in [-0.05, 0) is 18.3 Å². The van der Waals surface area contributed by atoms with Crippen molar-refractivity contribution in [2.45, 2.75) is 45.4 Å². The first-order chi connectivity index (χ1) is 4.37. The molecule has 0 aliphatic rings. The summed E-state index contributed by atoms with van der Waals surface area (Å²) in [5, 5.41) is 0. The minimum Gasteiger partial charge on any atom is -0.126 e. The summed E-state index contributed by atoms with van der Waals surface area (Å²) in [4.78, 5) is 0.321. The summed E-state index contributed by atoms with van der Waals surface area (Å²) in [6.07, 6.45) is 2.43. The monoisotopic (exact) mass is 178 g/mol. The van der Waals surface area contributed by atoms with Gasteiger partial charge < -0.3 is 0 Å². The molecule has 0 saturated carbocycles. The van der Waals surface area contributed by atoms with Crippen molar-refractivity contribution in [3.63, 3.8) is 0 Å². The van der Waals surface area contributed by atoms with E-state index in [2.05, 4.69) is 46.2 Å². The zero-order valence-corrected chi connectivity index (χ0v) is 9.88. The summed E-state index contributed by atoms with van der Waals surface area (Å²) in [5.74, 6) is 0. The van der Waals surface area contributed by atoms with E-state index in [-0.39, 0.29) is 0 Å². The van der Waals surface area contributed by atoms with E-state index >= 15 is 0 Å². The second-order valence-electron chi connectivity index (χ2n) is 3.63. The van der Waals surface area contributed by atoms with Gasteiger partial charge in [-0.3, -0.25) is 0 Å². The predicted octanol–water partition coefficient (Wildman–Crippen LogP) is 3.28. The highest BCUT2D eigenvalue weighted by atomic mass is 31.1. The molecular weight excluding hydrogens is 158 g/mol. The Morgan fingerprint density at radius 2 is 1.40 bits per heavy atom. The van der Waals surface area contributed by atoms with E-state index in [9.17, 15) is 0 Å². The van der Waals surface area contributed by atoms with Crippen LogP contribution in [0.4, 0.5) is 0 Å². The Hall–Kier alpha value is 0.860. The van der Waals surface area contributed by atoms with Crippen molar-refractivity contribution in [3.05, 3.63) is 0 Å². The van der Waals surface area contributed by atoms with E-state index in [4.69, 9.17) is 0 Å². The molecule has 2 atom stereocenters. The molecule has 0 aliphatic carbocycles. The highest BCUT2D eigenvalue weighted by molar-refractivity contribution is 7.40. The van der Waals surface area contributed by atoms with Crippen molar-refractivity contribution in [1.29, 1.82) is 0 Å². The Labute approximate surface area is 70.0 Å². The molecule has 0 saturated heterocycles. The normalized spacial score (nSPS) is 13.8. The van der Waals surface area contributed by atoms with E-state index in [1.165, 1.54) is 12.8 Å². The van der Waals surface area contributed by atoms with Crippen LogP contribution in [-0.2, 0) is 0 Å². The molecule has 0 rings (SSSR count). The maximum absolute atomic E-state index is 2.95. The number of hydrogen-bond donors (Lipinski definition) is 0. The molecule has 0 aromatic rings. The van der Waals surface area contributed by atoms with Crippen LogP contribution in [0.25, 0.3) is 0 Å². The van der Waals surface area contributed by atoms with Gasteiger partial charge in [0.1, 0.15) is 0 Å². The van der Waals surface area contributed by atoms with E-state index in [0.29, 0.717) is 10.3 Å². The number of rotatable bonds is 3. The molecule has 62 valence electrons. The van der Waals surface area contributed by atoms with Crippen molar-refractivity contribution >= 4 is 18.5 Å². The molecule has 0 heterocycles. The topological polar surface area (TPSA) is 0 Å². The summed E-state index contributed by atoms with van der Waals surface area (Å²) in [6.45, 7) is 9.11. The fourth-order valence-electron chi connectivity index (χ4n) is 0.808. The summed E-state index contributed by atoms with van der Waals surface area (Å²) in [7, 11) is 5.89. The van der Waals surface area contributed by atoms with Crippen molar-refractivity contribution in [2.24, 2.45) is 5.41 Å². The second-order valence-corrected chi connectivity index (χ2v) is 6.36. The van der Waals surface area contributed by atoms with Gasteiger partial charge in [-0.15, -0.1) is 18.5 Å². The van der Waals surface area contributed by atoms with Crippen molar-refractivity contribution < 1.29 is 0 Å². The zero-order valence-electron chi connectivity index (χ0n) is 7.57. The van der Waals surface area contributed by atoms with Crippen LogP contribution in [0.2, 0.25) is 0 Å². The van der Waals surface area contributed by atoms with Crippen LogP contribution in [-0.4, -0.2) is 4.90 Å². The van der Waals surface area contributed by atoms with Gasteiger partial charge >= 0.3 is 0 Å². The molecule has 0 N–H and O–H groups in total. The van der Waals surface area contributed by atoms with Crippen LogP contribution in [0.1, 0.15) is 40.5 Å². The lowest BCUT2D eigenvalue weighted by Gasteiger charge is -2.40. The van der Waals surface area contributed by atoms with Gasteiger partial charge in [-0.2, -0.15) is 0 Å². The second kappa shape index (κ2) is 3.51. The van der Waals surface area contributed by atoms with Gasteiger partial charge in [-0.1, -0.05) is 27.7 Å². The Morgan fingerprint density at radius 3 is 1.50 bits per heavy atom. The quantitative estimate of drug-likeness (QED) is 0.582. The average Bonchev–Trinajstić information content (AvgIpc) is 1.88. The predicted molar refractivity (Wildman–Crippen MR) is 56.5 cm³/mol. The third-order valence-electron chi connectivity index (χ3n) is 2.73. The van der Waals surface area contributed by atoms with Crippen molar-refractivity contribution in [1.82, 2.24) is 0 Å². The highest BCUT2D eigenvalue weighted by Crippen LogP contribution is 2.48. The van der Waals surface area contributed by atoms with Crippen LogP contribution < -0.4 is 0 Å². The first-order valence-corrected chi connectivity index (χ1v) is 5.10. The molecule has 10 heavy (non-hydrogen) atoms. The first kappa shape index (κ1) is 10.9. The summed E-state index contributed by atoms with van der Waals surface area (Å²) >= 11 is 0. The van der Waals surface area contributed by atoms with Crippen molar-refractivity contribution in [3.8, 4) is 0 Å². The fourth-order valence-corrected chi connectivity index (χ4v) is 1.22. The molecule has 2 unspecified atom stereocenters. The molecule has 0 spiro atoms. The van der Waals surface area contributed by atoms with Gasteiger partial charge in [0, 0.05) is 4.90 Å². The van der Waals surface area contributed by atoms with Gasteiger partial charge in [-0.25, -0.2) is 0 Å². The smallest absolute Gasteiger partial charge is 0.00408 e. The molecule has 0 aliphatic heterocycles. The summed E-state index contributed by atoms with van der Waals surface area (Å²) in [5.41, 5.74) is 0.414.